The quantitative estimate of drug-likeness (QED) is 0.754. The largest absolute Gasteiger partial charge is 0.398 e. The van der Waals surface area contributed by atoms with Crippen LogP contribution in [0.4, 0.5) is 5.69 Å². The first kappa shape index (κ1) is 9.32. The number of nitriles is 1. The van der Waals surface area contributed by atoms with Crippen molar-refractivity contribution in [1.29, 1.82) is 5.26 Å². The second kappa shape index (κ2) is 3.49. The molecule has 0 amide bonds. The van der Waals surface area contributed by atoms with Gasteiger partial charge in [-0.25, -0.2) is 0 Å². The van der Waals surface area contributed by atoms with E-state index in [-0.39, 0.29) is 0 Å². The van der Waals surface area contributed by atoms with Crippen molar-refractivity contribution >= 4 is 38.7 Å². The van der Waals surface area contributed by atoms with E-state index in [1.165, 1.54) is 11.3 Å². The molecule has 14 heavy (non-hydrogen) atoms. The summed E-state index contributed by atoms with van der Waals surface area (Å²) >= 11 is 7.38. The molecule has 0 saturated carbocycles. The summed E-state index contributed by atoms with van der Waals surface area (Å²) < 4.78 is 1.79. The number of nitrogen functional groups attached to an aromatic ring is 1. The smallest absolute Gasteiger partial charge is 0.0941 e. The number of nitrogens with zero attached hydrogens (tertiary/aromatic N) is 1. The third-order valence-corrected chi connectivity index (χ3v) is 3.30. The topological polar surface area (TPSA) is 49.8 Å². The van der Waals surface area contributed by atoms with Gasteiger partial charge in [-0.2, -0.15) is 5.26 Å². The van der Waals surface area contributed by atoms with Crippen LogP contribution in [0.5, 0.6) is 0 Å². The van der Waals surface area contributed by atoms with Gasteiger partial charge in [0.2, 0.25) is 0 Å². The SMILES string of the molecule is N#CCc1ccc2sc(Cl)cc2c1N. The number of hydrogen-bond donors (Lipinski definition) is 1. The maximum atomic E-state index is 8.59. The molecule has 0 saturated heterocycles. The van der Waals surface area contributed by atoms with Crippen molar-refractivity contribution in [3.05, 3.63) is 28.1 Å². The first-order valence-corrected chi connectivity index (χ1v) is 5.25. The molecule has 0 fully saturated rings. The number of hydrogen-bond acceptors (Lipinski definition) is 3. The number of anilines is 1. The molecule has 0 atom stereocenters. The summed E-state index contributed by atoms with van der Waals surface area (Å²) in [6, 6.07) is 7.77. The number of thiophene rings is 1. The summed E-state index contributed by atoms with van der Waals surface area (Å²) in [5, 5.41) is 9.54. The average molecular weight is 223 g/mol. The predicted molar refractivity (Wildman–Crippen MR) is 60.6 cm³/mol. The van der Waals surface area contributed by atoms with Crippen LogP contribution in [0.25, 0.3) is 10.1 Å². The maximum absolute atomic E-state index is 8.59. The monoisotopic (exact) mass is 222 g/mol. The van der Waals surface area contributed by atoms with Crippen molar-refractivity contribution in [3.63, 3.8) is 0 Å². The molecule has 0 aliphatic rings. The molecule has 2 aromatic rings. The van der Waals surface area contributed by atoms with E-state index in [1.54, 1.807) is 0 Å². The zero-order chi connectivity index (χ0) is 10.1. The normalized spacial score (nSPS) is 10.3. The van der Waals surface area contributed by atoms with Crippen molar-refractivity contribution < 1.29 is 0 Å². The Labute approximate surface area is 90.5 Å². The van der Waals surface area contributed by atoms with Crippen LogP contribution in [0.1, 0.15) is 5.56 Å². The molecule has 70 valence electrons. The molecule has 0 aliphatic heterocycles. The molecule has 4 heteroatoms. The van der Waals surface area contributed by atoms with Gasteiger partial charge in [0.1, 0.15) is 0 Å². The minimum atomic E-state index is 0.342. The summed E-state index contributed by atoms with van der Waals surface area (Å²) in [7, 11) is 0. The van der Waals surface area contributed by atoms with Crippen LogP contribution >= 0.6 is 22.9 Å². The van der Waals surface area contributed by atoms with Crippen molar-refractivity contribution in [2.24, 2.45) is 0 Å². The van der Waals surface area contributed by atoms with Crippen LogP contribution in [0.3, 0.4) is 0 Å². The molecule has 2 nitrogen and oxygen atoms in total. The van der Waals surface area contributed by atoms with Crippen molar-refractivity contribution in [2.45, 2.75) is 6.42 Å². The number of rotatable bonds is 1. The lowest BCUT2D eigenvalue weighted by atomic mass is 10.1. The van der Waals surface area contributed by atoms with E-state index in [4.69, 9.17) is 22.6 Å². The van der Waals surface area contributed by atoms with Gasteiger partial charge in [-0.3, -0.25) is 0 Å². The first-order valence-electron chi connectivity index (χ1n) is 4.05. The first-order chi connectivity index (χ1) is 6.72. The molecule has 1 aromatic carbocycles. The van der Waals surface area contributed by atoms with Crippen molar-refractivity contribution in [3.8, 4) is 6.07 Å². The lowest BCUT2D eigenvalue weighted by Crippen LogP contribution is -1.93. The zero-order valence-corrected chi connectivity index (χ0v) is 8.82. The molecule has 1 aromatic heterocycles. The van der Waals surface area contributed by atoms with Crippen molar-refractivity contribution in [2.75, 3.05) is 5.73 Å². The third-order valence-electron chi connectivity index (χ3n) is 2.07. The van der Waals surface area contributed by atoms with E-state index in [2.05, 4.69) is 6.07 Å². The molecule has 2 N–H and O–H groups in total. The van der Waals surface area contributed by atoms with Crippen molar-refractivity contribution in [1.82, 2.24) is 0 Å². The fraction of sp³-hybridized carbons (Fsp3) is 0.100. The third kappa shape index (κ3) is 1.43. The summed E-state index contributed by atoms with van der Waals surface area (Å²) in [6.45, 7) is 0. The Morgan fingerprint density at radius 3 is 3.00 bits per heavy atom. The Morgan fingerprint density at radius 2 is 2.29 bits per heavy atom. The number of nitrogens with two attached hydrogens (primary N) is 1. The van der Waals surface area contributed by atoms with Crippen LogP contribution in [0.2, 0.25) is 4.34 Å². The summed E-state index contributed by atoms with van der Waals surface area (Å²) in [4.78, 5) is 0. The van der Waals surface area contributed by atoms with Gasteiger partial charge in [0.15, 0.2) is 0 Å². The molecule has 0 aliphatic carbocycles. The highest BCUT2D eigenvalue weighted by Gasteiger charge is 2.06. The molecular formula is C10H7ClN2S. The minimum Gasteiger partial charge on any atom is -0.398 e. The average Bonchev–Trinajstić information content (AvgIpc) is 2.52. The van der Waals surface area contributed by atoms with Gasteiger partial charge in [0.25, 0.3) is 0 Å². The van der Waals surface area contributed by atoms with Gasteiger partial charge in [-0.15, -0.1) is 11.3 Å². The highest BCUT2D eigenvalue weighted by Crippen LogP contribution is 2.34. The van der Waals surface area contributed by atoms with Gasteiger partial charge in [0.05, 0.1) is 16.8 Å². The summed E-state index contributed by atoms with van der Waals surface area (Å²) in [5.74, 6) is 0. The van der Waals surface area contributed by atoms with Gasteiger partial charge >= 0.3 is 0 Å². The summed E-state index contributed by atoms with van der Waals surface area (Å²) in [6.07, 6.45) is 0.342. The number of halogens is 1. The number of benzene rings is 1. The number of fused-ring (bicyclic) bond motifs is 1. The van der Waals surface area contributed by atoms with Crippen LogP contribution in [-0.2, 0) is 6.42 Å². The van der Waals surface area contributed by atoms with E-state index in [0.717, 1.165) is 20.0 Å². The fourth-order valence-corrected chi connectivity index (χ4v) is 2.55. The fourth-order valence-electron chi connectivity index (χ4n) is 1.39. The second-order valence-electron chi connectivity index (χ2n) is 2.94. The lowest BCUT2D eigenvalue weighted by Gasteiger charge is -2.01. The van der Waals surface area contributed by atoms with Crippen LogP contribution in [0, 0.1) is 11.3 Å². The van der Waals surface area contributed by atoms with E-state index < -0.39 is 0 Å². The molecule has 0 unspecified atom stereocenters. The Hall–Kier alpha value is -1.24. The molecule has 1 heterocycles. The van der Waals surface area contributed by atoms with Crippen LogP contribution in [-0.4, -0.2) is 0 Å². The lowest BCUT2D eigenvalue weighted by molar-refractivity contribution is 1.28. The van der Waals surface area contributed by atoms with Gasteiger partial charge in [0, 0.05) is 15.8 Å². The predicted octanol–water partition coefficient (Wildman–Crippen LogP) is 3.20. The van der Waals surface area contributed by atoms with E-state index >= 15 is 0 Å². The Bertz CT molecular complexity index is 525. The van der Waals surface area contributed by atoms with E-state index in [9.17, 15) is 0 Å². The van der Waals surface area contributed by atoms with Crippen LogP contribution < -0.4 is 5.73 Å². The molecule has 2 rings (SSSR count). The Morgan fingerprint density at radius 1 is 1.50 bits per heavy atom. The van der Waals surface area contributed by atoms with Gasteiger partial charge < -0.3 is 5.73 Å². The van der Waals surface area contributed by atoms with Crippen LogP contribution in [0.15, 0.2) is 18.2 Å². The van der Waals surface area contributed by atoms with Gasteiger partial charge in [-0.05, 0) is 17.7 Å². The van der Waals surface area contributed by atoms with E-state index in [0.29, 0.717) is 12.1 Å². The molecule has 0 radical (unpaired) electrons. The highest BCUT2D eigenvalue weighted by molar-refractivity contribution is 7.22. The Kier molecular flexibility index (Phi) is 2.32. The molecular weight excluding hydrogens is 216 g/mol. The minimum absolute atomic E-state index is 0.342. The Balaban J connectivity index is 2.69. The molecule has 0 spiro atoms. The molecule has 0 bridgehead atoms. The summed E-state index contributed by atoms with van der Waals surface area (Å²) in [5.41, 5.74) is 7.46. The highest BCUT2D eigenvalue weighted by atomic mass is 35.5. The zero-order valence-electron chi connectivity index (χ0n) is 7.25. The van der Waals surface area contributed by atoms with Gasteiger partial charge in [-0.1, -0.05) is 17.7 Å². The standard InChI is InChI=1S/C10H7ClN2S/c11-9-5-7-8(14-9)2-1-6(3-4-12)10(7)13/h1-2,5H,3,13H2. The second-order valence-corrected chi connectivity index (χ2v) is 4.65. The maximum Gasteiger partial charge on any atom is 0.0941 e. The van der Waals surface area contributed by atoms with E-state index in [1.807, 2.05) is 18.2 Å².